The number of hydrogen-bond donors (Lipinski definition) is 1. The molecule has 0 aliphatic carbocycles. The predicted molar refractivity (Wildman–Crippen MR) is 100 cm³/mol. The molecule has 0 aliphatic heterocycles. The lowest BCUT2D eigenvalue weighted by molar-refractivity contribution is 0.820. The van der Waals surface area contributed by atoms with Crippen molar-refractivity contribution in [3.8, 4) is 5.69 Å². The molecule has 0 bridgehead atoms. The molecular weight excluding hydrogens is 326 g/mol. The summed E-state index contributed by atoms with van der Waals surface area (Å²) in [5.74, 6) is 0.955. The number of aromatic nitrogens is 6. The van der Waals surface area contributed by atoms with Gasteiger partial charge in [-0.2, -0.15) is 14.7 Å². The summed E-state index contributed by atoms with van der Waals surface area (Å²) >= 11 is 0. The van der Waals surface area contributed by atoms with Gasteiger partial charge >= 0.3 is 0 Å². The molecule has 0 amide bonds. The fourth-order valence-electron chi connectivity index (χ4n) is 3.01. The van der Waals surface area contributed by atoms with Gasteiger partial charge in [-0.1, -0.05) is 25.5 Å². The lowest BCUT2D eigenvalue weighted by Crippen LogP contribution is -2.12. The van der Waals surface area contributed by atoms with Crippen molar-refractivity contribution >= 4 is 11.5 Å². The highest BCUT2D eigenvalue weighted by Crippen LogP contribution is 2.22. The van der Waals surface area contributed by atoms with Crippen LogP contribution in [0.15, 0.2) is 55.2 Å². The van der Waals surface area contributed by atoms with Gasteiger partial charge in [-0.3, -0.25) is 0 Å². The summed E-state index contributed by atoms with van der Waals surface area (Å²) in [7, 11) is 0. The molecule has 0 radical (unpaired) electrons. The minimum absolute atomic E-state index is 0.129. The number of aryl methyl sites for hydroxylation is 1. The molecular formula is C19H21N7. The molecule has 1 unspecified atom stereocenters. The van der Waals surface area contributed by atoms with Crippen molar-refractivity contribution in [2.45, 2.75) is 32.7 Å². The summed E-state index contributed by atoms with van der Waals surface area (Å²) in [4.78, 5) is 8.63. The minimum atomic E-state index is 0.129. The molecule has 1 aromatic carbocycles. The minimum Gasteiger partial charge on any atom is -0.363 e. The zero-order chi connectivity index (χ0) is 17.9. The van der Waals surface area contributed by atoms with Crippen LogP contribution < -0.4 is 5.32 Å². The standard InChI is InChI=1S/C19H21N7/c1-3-4-16-11-19(26-18(24-16)9-10-21-26)23-14(2)15-5-7-17(8-6-15)25-13-20-12-22-25/h5-14,23H,3-4H2,1-2H3. The van der Waals surface area contributed by atoms with Gasteiger partial charge in [0.2, 0.25) is 0 Å². The van der Waals surface area contributed by atoms with Crippen LogP contribution in [0.5, 0.6) is 0 Å². The molecule has 0 fully saturated rings. The molecule has 0 saturated carbocycles. The largest absolute Gasteiger partial charge is 0.363 e. The van der Waals surface area contributed by atoms with Gasteiger partial charge < -0.3 is 5.32 Å². The number of nitrogens with zero attached hydrogens (tertiary/aromatic N) is 6. The van der Waals surface area contributed by atoms with Crippen LogP contribution in [0.3, 0.4) is 0 Å². The highest BCUT2D eigenvalue weighted by atomic mass is 15.3. The molecule has 26 heavy (non-hydrogen) atoms. The maximum Gasteiger partial charge on any atom is 0.157 e. The fraction of sp³-hybridized carbons (Fsp3) is 0.263. The third kappa shape index (κ3) is 3.15. The van der Waals surface area contributed by atoms with Gasteiger partial charge in [0.15, 0.2) is 5.65 Å². The molecule has 3 aromatic heterocycles. The maximum absolute atomic E-state index is 4.65. The zero-order valence-corrected chi connectivity index (χ0v) is 14.9. The quantitative estimate of drug-likeness (QED) is 0.578. The molecule has 3 heterocycles. The summed E-state index contributed by atoms with van der Waals surface area (Å²) in [5.41, 5.74) is 4.12. The Balaban J connectivity index is 1.58. The van der Waals surface area contributed by atoms with Gasteiger partial charge in [-0.15, -0.1) is 0 Å². The molecule has 132 valence electrons. The lowest BCUT2D eigenvalue weighted by atomic mass is 10.1. The van der Waals surface area contributed by atoms with Gasteiger partial charge in [0.1, 0.15) is 18.5 Å². The van der Waals surface area contributed by atoms with Gasteiger partial charge in [0.25, 0.3) is 0 Å². The SMILES string of the molecule is CCCc1cc(NC(C)c2ccc(-n3cncn3)cc2)n2nccc2n1. The van der Waals surface area contributed by atoms with Gasteiger partial charge in [-0.05, 0) is 31.0 Å². The highest BCUT2D eigenvalue weighted by Gasteiger charge is 2.11. The molecule has 7 nitrogen and oxygen atoms in total. The number of anilines is 1. The first-order valence-electron chi connectivity index (χ1n) is 8.80. The Hall–Kier alpha value is -3.22. The smallest absolute Gasteiger partial charge is 0.157 e. The first kappa shape index (κ1) is 16.3. The third-order valence-corrected chi connectivity index (χ3v) is 4.36. The maximum atomic E-state index is 4.65. The van der Waals surface area contributed by atoms with Crippen molar-refractivity contribution in [2.24, 2.45) is 0 Å². The molecule has 0 spiro atoms. The molecule has 4 rings (SSSR count). The number of fused-ring (bicyclic) bond motifs is 1. The van der Waals surface area contributed by atoms with E-state index in [0.29, 0.717) is 0 Å². The van der Waals surface area contributed by atoms with E-state index < -0.39 is 0 Å². The molecule has 7 heteroatoms. The number of benzene rings is 1. The fourth-order valence-corrected chi connectivity index (χ4v) is 3.01. The van der Waals surface area contributed by atoms with E-state index in [1.165, 1.54) is 11.9 Å². The number of rotatable bonds is 6. The number of nitrogens with one attached hydrogen (secondary N) is 1. The topological polar surface area (TPSA) is 72.9 Å². The Morgan fingerprint density at radius 2 is 1.96 bits per heavy atom. The van der Waals surface area contributed by atoms with Crippen molar-refractivity contribution in [1.82, 2.24) is 29.4 Å². The summed E-state index contributed by atoms with van der Waals surface area (Å²) < 4.78 is 3.59. The van der Waals surface area contributed by atoms with E-state index in [1.54, 1.807) is 17.2 Å². The summed E-state index contributed by atoms with van der Waals surface area (Å²) in [6.45, 7) is 4.30. The van der Waals surface area contributed by atoms with E-state index in [-0.39, 0.29) is 6.04 Å². The summed E-state index contributed by atoms with van der Waals surface area (Å²) in [6.07, 6.45) is 7.02. The van der Waals surface area contributed by atoms with Gasteiger partial charge in [-0.25, -0.2) is 14.6 Å². The Bertz CT molecular complexity index is 987. The van der Waals surface area contributed by atoms with Crippen LogP contribution in [0.2, 0.25) is 0 Å². The van der Waals surface area contributed by atoms with Crippen molar-refractivity contribution in [3.63, 3.8) is 0 Å². The third-order valence-electron chi connectivity index (χ3n) is 4.36. The van der Waals surface area contributed by atoms with Crippen LogP contribution in [0.1, 0.15) is 37.6 Å². The first-order chi connectivity index (χ1) is 12.7. The van der Waals surface area contributed by atoms with Crippen LogP contribution in [0.4, 0.5) is 5.82 Å². The van der Waals surface area contributed by atoms with Crippen LogP contribution in [-0.2, 0) is 6.42 Å². The van der Waals surface area contributed by atoms with E-state index in [9.17, 15) is 0 Å². The highest BCUT2D eigenvalue weighted by molar-refractivity contribution is 5.50. The Kier molecular flexibility index (Phi) is 4.35. The molecule has 4 aromatic rings. The molecule has 0 aliphatic rings. The van der Waals surface area contributed by atoms with E-state index in [4.69, 9.17) is 0 Å². The second kappa shape index (κ2) is 6.95. The predicted octanol–water partition coefficient (Wildman–Crippen LogP) is 3.44. The average molecular weight is 347 g/mol. The van der Waals surface area contributed by atoms with E-state index in [2.05, 4.69) is 57.5 Å². The Labute approximate surface area is 151 Å². The normalized spacial score (nSPS) is 12.4. The van der Waals surface area contributed by atoms with Crippen LogP contribution >= 0.6 is 0 Å². The van der Waals surface area contributed by atoms with E-state index >= 15 is 0 Å². The van der Waals surface area contributed by atoms with Crippen LogP contribution in [-0.4, -0.2) is 29.4 Å². The van der Waals surface area contributed by atoms with Gasteiger partial charge in [0, 0.05) is 23.9 Å². The van der Waals surface area contributed by atoms with Crippen molar-refractivity contribution in [3.05, 3.63) is 66.5 Å². The summed E-state index contributed by atoms with van der Waals surface area (Å²) in [6, 6.07) is 12.4. The van der Waals surface area contributed by atoms with Crippen LogP contribution in [0, 0.1) is 0 Å². The molecule has 0 saturated heterocycles. The molecule has 1 N–H and O–H groups in total. The van der Waals surface area contributed by atoms with E-state index in [0.717, 1.165) is 35.7 Å². The second-order valence-electron chi connectivity index (χ2n) is 6.28. The average Bonchev–Trinajstić information content (AvgIpc) is 3.34. The second-order valence-corrected chi connectivity index (χ2v) is 6.28. The lowest BCUT2D eigenvalue weighted by Gasteiger charge is -2.17. The van der Waals surface area contributed by atoms with Crippen LogP contribution in [0.25, 0.3) is 11.3 Å². The van der Waals surface area contributed by atoms with Crippen molar-refractivity contribution in [2.75, 3.05) is 5.32 Å². The van der Waals surface area contributed by atoms with E-state index in [1.807, 2.05) is 22.7 Å². The Morgan fingerprint density at radius 1 is 1.12 bits per heavy atom. The van der Waals surface area contributed by atoms with Gasteiger partial charge in [0.05, 0.1) is 11.9 Å². The summed E-state index contributed by atoms with van der Waals surface area (Å²) in [5, 5.41) is 12.1. The monoisotopic (exact) mass is 347 g/mol. The zero-order valence-electron chi connectivity index (χ0n) is 14.9. The first-order valence-corrected chi connectivity index (χ1v) is 8.80. The van der Waals surface area contributed by atoms with Crippen molar-refractivity contribution in [1.29, 1.82) is 0 Å². The van der Waals surface area contributed by atoms with Crippen molar-refractivity contribution < 1.29 is 0 Å². The molecule has 1 atom stereocenters. The number of hydrogen-bond acceptors (Lipinski definition) is 5. The Morgan fingerprint density at radius 3 is 2.69 bits per heavy atom.